The van der Waals surface area contributed by atoms with Crippen LogP contribution in [0.15, 0.2) is 48.3 Å². The number of benzene rings is 1. The minimum absolute atomic E-state index is 0.539. The number of allylic oxidation sites excluding steroid dienone is 4. The molecule has 2 aliphatic carbocycles. The molecule has 0 aromatic heterocycles. The molecule has 2 saturated carbocycles. The van der Waals surface area contributed by atoms with Crippen LogP contribution in [0.25, 0.3) is 0 Å². The van der Waals surface area contributed by atoms with Gasteiger partial charge in [0.15, 0.2) is 5.83 Å². The minimum atomic E-state index is -0.719. The Bertz CT molecular complexity index is 777. The van der Waals surface area contributed by atoms with Crippen LogP contribution in [0.2, 0.25) is 0 Å². The molecule has 0 bridgehead atoms. The van der Waals surface area contributed by atoms with Gasteiger partial charge in [0.2, 0.25) is 0 Å². The van der Waals surface area contributed by atoms with Gasteiger partial charge in [-0.1, -0.05) is 37.1 Å². The predicted molar refractivity (Wildman–Crippen MR) is 114 cm³/mol. The molecular formula is C26H31FN2. The molecule has 0 heterocycles. The number of halogens is 1. The van der Waals surface area contributed by atoms with E-state index in [2.05, 4.69) is 24.3 Å². The van der Waals surface area contributed by atoms with Crippen molar-refractivity contribution in [2.24, 2.45) is 17.8 Å². The Morgan fingerprint density at radius 3 is 2.03 bits per heavy atom. The quantitative estimate of drug-likeness (QED) is 0.376. The number of nitrogens with zero attached hydrogens (tertiary/aromatic N) is 2. The van der Waals surface area contributed by atoms with Crippen molar-refractivity contribution < 1.29 is 4.39 Å². The molecule has 2 aliphatic rings. The number of hydrogen-bond donors (Lipinski definition) is 0. The summed E-state index contributed by atoms with van der Waals surface area (Å²) < 4.78 is 12.8. The first-order valence-electron chi connectivity index (χ1n) is 11.1. The van der Waals surface area contributed by atoms with Crippen molar-refractivity contribution >= 4 is 0 Å². The first kappa shape index (κ1) is 21.3. The molecule has 1 aromatic rings. The molecule has 0 spiro atoms. The molecule has 152 valence electrons. The van der Waals surface area contributed by atoms with E-state index in [0.29, 0.717) is 11.8 Å². The van der Waals surface area contributed by atoms with Crippen LogP contribution in [-0.4, -0.2) is 0 Å². The van der Waals surface area contributed by atoms with Gasteiger partial charge in [-0.3, -0.25) is 0 Å². The van der Waals surface area contributed by atoms with Gasteiger partial charge in [0.25, 0.3) is 0 Å². The summed E-state index contributed by atoms with van der Waals surface area (Å²) in [4.78, 5) is 0. The number of hydrogen-bond acceptors (Lipinski definition) is 2. The monoisotopic (exact) mass is 390 g/mol. The Labute approximate surface area is 174 Å². The average molecular weight is 391 g/mol. The molecule has 0 saturated heterocycles. The summed E-state index contributed by atoms with van der Waals surface area (Å²) in [5.74, 6) is 2.21. The smallest absolute Gasteiger partial charge is 0.195 e. The highest BCUT2D eigenvalue weighted by Crippen LogP contribution is 2.39. The van der Waals surface area contributed by atoms with Crippen molar-refractivity contribution in [2.45, 2.75) is 70.1 Å². The van der Waals surface area contributed by atoms with Crippen LogP contribution in [0.5, 0.6) is 0 Å². The molecular weight excluding hydrogens is 359 g/mol. The first-order chi connectivity index (χ1) is 14.2. The Balaban J connectivity index is 1.34. The Kier molecular flexibility index (Phi) is 8.06. The maximum absolute atomic E-state index is 12.8. The van der Waals surface area contributed by atoms with E-state index < -0.39 is 5.83 Å². The lowest BCUT2D eigenvalue weighted by Gasteiger charge is -2.31. The second-order valence-electron chi connectivity index (χ2n) is 8.82. The van der Waals surface area contributed by atoms with Gasteiger partial charge in [-0.15, -0.1) is 0 Å². The van der Waals surface area contributed by atoms with Gasteiger partial charge in [-0.25, -0.2) is 0 Å². The second-order valence-corrected chi connectivity index (χ2v) is 8.82. The van der Waals surface area contributed by atoms with Crippen LogP contribution in [0.4, 0.5) is 4.39 Å². The third kappa shape index (κ3) is 6.57. The lowest BCUT2D eigenvalue weighted by molar-refractivity contribution is 0.246. The van der Waals surface area contributed by atoms with E-state index in [1.54, 1.807) is 6.08 Å². The van der Waals surface area contributed by atoms with E-state index in [4.69, 9.17) is 10.5 Å². The zero-order valence-corrected chi connectivity index (χ0v) is 17.2. The van der Waals surface area contributed by atoms with Gasteiger partial charge in [0.1, 0.15) is 6.07 Å². The zero-order chi connectivity index (χ0) is 20.5. The summed E-state index contributed by atoms with van der Waals surface area (Å²) in [6, 6.07) is 11.9. The maximum atomic E-state index is 12.8. The molecule has 0 atom stereocenters. The van der Waals surface area contributed by atoms with E-state index in [1.165, 1.54) is 81.9 Å². The Hall–Kier alpha value is -2.39. The van der Waals surface area contributed by atoms with Gasteiger partial charge >= 0.3 is 0 Å². The standard InChI is InChI=1S/C26H31FN2/c27-26(19-29)3-1-2-20-4-6-21(7-5-20)8-9-22-10-14-24(15-11-22)25-16-12-23(18-28)13-17-25/h1-3,12-13,16-17,20-22,24H,4-11,14-15H2. The van der Waals surface area contributed by atoms with Crippen molar-refractivity contribution in [1.29, 1.82) is 10.5 Å². The van der Waals surface area contributed by atoms with Crippen molar-refractivity contribution in [3.05, 3.63) is 59.4 Å². The van der Waals surface area contributed by atoms with E-state index in [-0.39, 0.29) is 0 Å². The third-order valence-corrected chi connectivity index (χ3v) is 6.97. The predicted octanol–water partition coefficient (Wildman–Crippen LogP) is 7.35. The molecule has 0 aliphatic heterocycles. The van der Waals surface area contributed by atoms with Crippen molar-refractivity contribution in [3.63, 3.8) is 0 Å². The number of nitriles is 2. The molecule has 29 heavy (non-hydrogen) atoms. The van der Waals surface area contributed by atoms with E-state index in [1.807, 2.05) is 12.1 Å². The first-order valence-corrected chi connectivity index (χ1v) is 11.1. The van der Waals surface area contributed by atoms with Crippen LogP contribution >= 0.6 is 0 Å². The Morgan fingerprint density at radius 1 is 0.897 bits per heavy atom. The van der Waals surface area contributed by atoms with E-state index >= 15 is 0 Å². The molecule has 3 rings (SSSR count). The molecule has 0 N–H and O–H groups in total. The van der Waals surface area contributed by atoms with Crippen molar-refractivity contribution in [2.75, 3.05) is 0 Å². The SMILES string of the molecule is N#CC(F)=CC=CC1CCC(CCC2CCC(c3ccc(C#N)cc3)CC2)CC1. The fraction of sp³-hybridized carbons (Fsp3) is 0.538. The normalized spacial score (nSPS) is 28.0. The van der Waals surface area contributed by atoms with Crippen LogP contribution in [0.1, 0.15) is 81.3 Å². The number of rotatable bonds is 6. The molecule has 0 radical (unpaired) electrons. The molecule has 2 nitrogen and oxygen atoms in total. The lowest BCUT2D eigenvalue weighted by Crippen LogP contribution is -2.17. The van der Waals surface area contributed by atoms with Gasteiger partial charge in [-0.2, -0.15) is 14.9 Å². The zero-order valence-electron chi connectivity index (χ0n) is 17.2. The summed E-state index contributed by atoms with van der Waals surface area (Å²) in [7, 11) is 0. The largest absolute Gasteiger partial charge is 0.199 e. The molecule has 0 unspecified atom stereocenters. The highest BCUT2D eigenvalue weighted by Gasteiger charge is 2.24. The van der Waals surface area contributed by atoms with E-state index in [0.717, 1.165) is 17.4 Å². The summed E-state index contributed by atoms with van der Waals surface area (Å²) in [6.07, 6.45) is 17.9. The highest BCUT2D eigenvalue weighted by atomic mass is 19.1. The molecule has 3 heteroatoms. The fourth-order valence-corrected chi connectivity index (χ4v) is 5.09. The highest BCUT2D eigenvalue weighted by molar-refractivity contribution is 5.33. The van der Waals surface area contributed by atoms with Crippen LogP contribution in [0, 0.1) is 40.4 Å². The van der Waals surface area contributed by atoms with Gasteiger partial charge in [0.05, 0.1) is 11.6 Å². The van der Waals surface area contributed by atoms with Gasteiger partial charge < -0.3 is 0 Å². The van der Waals surface area contributed by atoms with Gasteiger partial charge in [-0.05, 0) is 98.8 Å². The summed E-state index contributed by atoms with van der Waals surface area (Å²) >= 11 is 0. The fourth-order valence-electron chi connectivity index (χ4n) is 5.09. The maximum Gasteiger partial charge on any atom is 0.199 e. The van der Waals surface area contributed by atoms with Crippen molar-refractivity contribution in [1.82, 2.24) is 0 Å². The topological polar surface area (TPSA) is 47.6 Å². The Morgan fingerprint density at radius 2 is 1.48 bits per heavy atom. The third-order valence-electron chi connectivity index (χ3n) is 6.97. The van der Waals surface area contributed by atoms with Gasteiger partial charge in [0, 0.05) is 0 Å². The summed E-state index contributed by atoms with van der Waals surface area (Å²) in [5.41, 5.74) is 2.15. The molecule has 0 amide bonds. The summed E-state index contributed by atoms with van der Waals surface area (Å²) in [6.45, 7) is 0. The lowest BCUT2D eigenvalue weighted by atomic mass is 9.74. The minimum Gasteiger partial charge on any atom is -0.195 e. The second kappa shape index (κ2) is 11.0. The van der Waals surface area contributed by atoms with Crippen LogP contribution in [-0.2, 0) is 0 Å². The van der Waals surface area contributed by atoms with Crippen molar-refractivity contribution in [3.8, 4) is 12.1 Å². The van der Waals surface area contributed by atoms with Crippen LogP contribution in [0.3, 0.4) is 0 Å². The molecule has 2 fully saturated rings. The summed E-state index contributed by atoms with van der Waals surface area (Å²) in [5, 5.41) is 17.4. The molecule has 1 aromatic carbocycles. The van der Waals surface area contributed by atoms with E-state index in [9.17, 15) is 4.39 Å². The van der Waals surface area contributed by atoms with Crippen LogP contribution < -0.4 is 0 Å². The average Bonchev–Trinajstić information content (AvgIpc) is 2.79.